The standard InChI is InChI=1S/C28H38BNO5/c1-6-7-13-25(31)30(26(21(2)3)27(32)33-19-23-11-9-8-10-12-23)18-22-14-16-24(17-15-22)29-34-20-28(4,5)35-29/h8-12,14-17,21,26H,6-7,13,18-20H2,1-5H3. The molecular formula is C28H38BNO5. The molecule has 0 aliphatic carbocycles. The van der Waals surface area contributed by atoms with E-state index < -0.39 is 13.2 Å². The van der Waals surface area contributed by atoms with Crippen molar-refractivity contribution in [1.82, 2.24) is 4.90 Å². The van der Waals surface area contributed by atoms with Crippen molar-refractivity contribution in [3.05, 3.63) is 65.7 Å². The van der Waals surface area contributed by atoms with Gasteiger partial charge >= 0.3 is 13.1 Å². The lowest BCUT2D eigenvalue weighted by atomic mass is 9.79. The van der Waals surface area contributed by atoms with Gasteiger partial charge in [0.15, 0.2) is 0 Å². The van der Waals surface area contributed by atoms with E-state index in [1.54, 1.807) is 4.90 Å². The van der Waals surface area contributed by atoms with E-state index in [-0.39, 0.29) is 30.0 Å². The molecule has 0 radical (unpaired) electrons. The van der Waals surface area contributed by atoms with Crippen LogP contribution in [0.15, 0.2) is 54.6 Å². The van der Waals surface area contributed by atoms with Crippen LogP contribution >= 0.6 is 0 Å². The number of benzene rings is 2. The summed E-state index contributed by atoms with van der Waals surface area (Å²) in [5.74, 6) is -0.499. The molecule has 0 bridgehead atoms. The van der Waals surface area contributed by atoms with E-state index >= 15 is 0 Å². The molecule has 188 valence electrons. The molecule has 6 nitrogen and oxygen atoms in total. The molecule has 2 aromatic rings. The Kier molecular flexibility index (Phi) is 9.52. The average Bonchev–Trinajstić information content (AvgIpc) is 3.21. The molecule has 1 aliphatic heterocycles. The number of carbonyl (C=O) groups is 2. The summed E-state index contributed by atoms with van der Waals surface area (Å²) in [5.41, 5.74) is 2.49. The number of carbonyl (C=O) groups excluding carboxylic acids is 2. The Morgan fingerprint density at radius 2 is 1.74 bits per heavy atom. The Bertz CT molecular complexity index is 961. The van der Waals surface area contributed by atoms with Gasteiger partial charge in [0.1, 0.15) is 12.6 Å². The average molecular weight is 479 g/mol. The lowest BCUT2D eigenvalue weighted by molar-refractivity contribution is -0.159. The molecule has 0 N–H and O–H groups in total. The summed E-state index contributed by atoms with van der Waals surface area (Å²) in [4.78, 5) is 28.2. The third-order valence-electron chi connectivity index (χ3n) is 6.11. The van der Waals surface area contributed by atoms with E-state index in [0.29, 0.717) is 19.6 Å². The molecule has 1 heterocycles. The Morgan fingerprint density at radius 3 is 2.31 bits per heavy atom. The summed E-state index contributed by atoms with van der Waals surface area (Å²) < 4.78 is 17.4. The fourth-order valence-electron chi connectivity index (χ4n) is 4.16. The number of rotatable bonds is 11. The van der Waals surface area contributed by atoms with E-state index in [1.165, 1.54) is 0 Å². The second kappa shape index (κ2) is 12.4. The van der Waals surface area contributed by atoms with Crippen molar-refractivity contribution in [3.63, 3.8) is 0 Å². The fourth-order valence-corrected chi connectivity index (χ4v) is 4.16. The summed E-state index contributed by atoms with van der Waals surface area (Å²) in [5, 5.41) is 0. The van der Waals surface area contributed by atoms with Gasteiger partial charge in [-0.25, -0.2) is 4.79 Å². The SMILES string of the molecule is CCCCC(=O)N(Cc1ccc(B2OCC(C)(C)O2)cc1)C(C(=O)OCc1ccccc1)C(C)C. The molecule has 1 fully saturated rings. The molecule has 3 rings (SSSR count). The van der Waals surface area contributed by atoms with Gasteiger partial charge in [-0.05, 0) is 42.8 Å². The van der Waals surface area contributed by atoms with Crippen molar-refractivity contribution in [2.45, 2.75) is 78.7 Å². The molecule has 0 aromatic heterocycles. The predicted molar refractivity (Wildman–Crippen MR) is 138 cm³/mol. The van der Waals surface area contributed by atoms with Gasteiger partial charge in [0.05, 0.1) is 12.2 Å². The summed E-state index contributed by atoms with van der Waals surface area (Å²) in [7, 11) is -0.391. The van der Waals surface area contributed by atoms with Crippen molar-refractivity contribution in [3.8, 4) is 0 Å². The molecule has 1 unspecified atom stereocenters. The molecule has 1 saturated heterocycles. The zero-order chi connectivity index (χ0) is 25.4. The number of hydrogen-bond acceptors (Lipinski definition) is 5. The van der Waals surface area contributed by atoms with Crippen LogP contribution in [0.5, 0.6) is 0 Å². The first-order chi connectivity index (χ1) is 16.7. The molecule has 7 heteroatoms. The first-order valence-corrected chi connectivity index (χ1v) is 12.6. The Balaban J connectivity index is 1.76. The van der Waals surface area contributed by atoms with Crippen molar-refractivity contribution in [2.24, 2.45) is 5.92 Å². The number of amides is 1. The molecule has 1 atom stereocenters. The van der Waals surface area contributed by atoms with Crippen LogP contribution in [0.4, 0.5) is 0 Å². The summed E-state index contributed by atoms with van der Waals surface area (Å²) in [6, 6.07) is 16.8. The normalized spacial score (nSPS) is 15.8. The second-order valence-electron chi connectivity index (χ2n) is 10.2. The number of hydrogen-bond donors (Lipinski definition) is 0. The first-order valence-electron chi connectivity index (χ1n) is 12.6. The highest BCUT2D eigenvalue weighted by atomic mass is 16.7. The van der Waals surface area contributed by atoms with E-state index in [2.05, 4.69) is 6.92 Å². The van der Waals surface area contributed by atoms with Gasteiger partial charge < -0.3 is 18.9 Å². The lowest BCUT2D eigenvalue weighted by Crippen LogP contribution is -2.48. The summed E-state index contributed by atoms with van der Waals surface area (Å²) in [6.45, 7) is 11.0. The molecule has 1 amide bonds. The van der Waals surface area contributed by atoms with Crippen LogP contribution in [-0.4, -0.2) is 42.1 Å². The zero-order valence-electron chi connectivity index (χ0n) is 21.7. The summed E-state index contributed by atoms with van der Waals surface area (Å²) in [6.07, 6.45) is 2.10. The number of unbranched alkanes of at least 4 members (excludes halogenated alkanes) is 1. The van der Waals surface area contributed by atoms with Gasteiger partial charge in [-0.3, -0.25) is 4.79 Å². The zero-order valence-corrected chi connectivity index (χ0v) is 21.7. The maximum Gasteiger partial charge on any atom is 0.494 e. The highest BCUT2D eigenvalue weighted by Crippen LogP contribution is 2.21. The topological polar surface area (TPSA) is 65.1 Å². The van der Waals surface area contributed by atoms with Gasteiger partial charge in [-0.2, -0.15) is 0 Å². The predicted octanol–water partition coefficient (Wildman–Crippen LogP) is 4.49. The Labute approximate surface area is 210 Å². The molecule has 0 saturated carbocycles. The van der Waals surface area contributed by atoms with Gasteiger partial charge in [0.25, 0.3) is 0 Å². The minimum absolute atomic E-state index is 0.0319. The maximum atomic E-state index is 13.3. The van der Waals surface area contributed by atoms with Crippen LogP contribution in [0, 0.1) is 5.92 Å². The molecule has 2 aromatic carbocycles. The quantitative estimate of drug-likeness (QED) is 0.351. The van der Waals surface area contributed by atoms with E-state index in [4.69, 9.17) is 14.0 Å². The van der Waals surface area contributed by atoms with E-state index in [0.717, 1.165) is 29.4 Å². The van der Waals surface area contributed by atoms with Crippen LogP contribution in [0.3, 0.4) is 0 Å². The largest absolute Gasteiger partial charge is 0.494 e. The fraction of sp³-hybridized carbons (Fsp3) is 0.500. The lowest BCUT2D eigenvalue weighted by Gasteiger charge is -2.33. The number of ether oxygens (including phenoxy) is 1. The second-order valence-corrected chi connectivity index (χ2v) is 10.2. The smallest absolute Gasteiger partial charge is 0.459 e. The highest BCUT2D eigenvalue weighted by Gasteiger charge is 2.38. The van der Waals surface area contributed by atoms with Crippen molar-refractivity contribution < 1.29 is 23.6 Å². The minimum Gasteiger partial charge on any atom is -0.459 e. The minimum atomic E-state index is -0.662. The van der Waals surface area contributed by atoms with Crippen LogP contribution in [-0.2, 0) is 36.8 Å². The number of esters is 1. The first kappa shape index (κ1) is 27.0. The van der Waals surface area contributed by atoms with Gasteiger partial charge in [0, 0.05) is 13.0 Å². The van der Waals surface area contributed by atoms with Crippen LogP contribution in [0.2, 0.25) is 0 Å². The molecule has 0 spiro atoms. The van der Waals surface area contributed by atoms with Gasteiger partial charge in [0.2, 0.25) is 5.91 Å². The van der Waals surface area contributed by atoms with E-state index in [9.17, 15) is 9.59 Å². The van der Waals surface area contributed by atoms with Crippen molar-refractivity contribution in [1.29, 1.82) is 0 Å². The molecular weight excluding hydrogens is 441 g/mol. The molecule has 35 heavy (non-hydrogen) atoms. The Morgan fingerprint density at radius 1 is 1.06 bits per heavy atom. The highest BCUT2D eigenvalue weighted by molar-refractivity contribution is 6.61. The van der Waals surface area contributed by atoms with Crippen molar-refractivity contribution >= 4 is 24.5 Å². The number of nitrogens with zero attached hydrogens (tertiary/aromatic N) is 1. The maximum absolute atomic E-state index is 13.3. The Hall–Kier alpha value is -2.64. The monoisotopic (exact) mass is 479 g/mol. The third-order valence-corrected chi connectivity index (χ3v) is 6.11. The van der Waals surface area contributed by atoms with Crippen molar-refractivity contribution in [2.75, 3.05) is 6.61 Å². The van der Waals surface area contributed by atoms with Crippen LogP contribution < -0.4 is 5.46 Å². The molecule has 1 aliphatic rings. The van der Waals surface area contributed by atoms with Gasteiger partial charge in [-0.15, -0.1) is 0 Å². The van der Waals surface area contributed by atoms with Crippen LogP contribution in [0.1, 0.15) is 65.0 Å². The van der Waals surface area contributed by atoms with Crippen LogP contribution in [0.25, 0.3) is 0 Å². The summed E-state index contributed by atoms with van der Waals surface area (Å²) >= 11 is 0. The van der Waals surface area contributed by atoms with Gasteiger partial charge in [-0.1, -0.05) is 81.8 Å². The third kappa shape index (κ3) is 7.67. The van der Waals surface area contributed by atoms with E-state index in [1.807, 2.05) is 82.3 Å².